The molecule has 8 heteroatoms. The Morgan fingerprint density at radius 3 is 2.50 bits per heavy atom. The number of rotatable bonds is 2. The van der Waals surface area contributed by atoms with Gasteiger partial charge in [-0.15, -0.1) is 0 Å². The molecule has 24 heavy (non-hydrogen) atoms. The summed E-state index contributed by atoms with van der Waals surface area (Å²) in [6.45, 7) is 1.67. The van der Waals surface area contributed by atoms with Gasteiger partial charge < -0.3 is 9.88 Å². The van der Waals surface area contributed by atoms with Crippen LogP contribution in [0, 0.1) is 0 Å². The molecular weight excluding hydrogens is 308 g/mol. The van der Waals surface area contributed by atoms with E-state index in [9.17, 15) is 9.59 Å². The van der Waals surface area contributed by atoms with Crippen molar-refractivity contribution < 1.29 is 9.59 Å². The third-order valence-electron chi connectivity index (χ3n) is 4.28. The molecule has 2 aromatic heterocycles. The Morgan fingerprint density at radius 1 is 1.08 bits per heavy atom. The molecule has 4 rings (SSSR count). The molecule has 3 aromatic rings. The van der Waals surface area contributed by atoms with Crippen molar-refractivity contribution in [3.63, 3.8) is 0 Å². The molecule has 0 bridgehead atoms. The Balaban J connectivity index is 1.76. The number of aryl methyl sites for hydroxylation is 1. The number of hydrogen-bond donors (Lipinski definition) is 2. The summed E-state index contributed by atoms with van der Waals surface area (Å²) in [5.41, 5.74) is 2.67. The van der Waals surface area contributed by atoms with E-state index < -0.39 is 11.6 Å². The molecule has 1 aliphatic heterocycles. The lowest BCUT2D eigenvalue weighted by Gasteiger charge is -2.21. The summed E-state index contributed by atoms with van der Waals surface area (Å²) in [7, 11) is 1.87. The molecule has 1 aliphatic rings. The first-order valence-corrected chi connectivity index (χ1v) is 7.35. The van der Waals surface area contributed by atoms with Gasteiger partial charge >= 0.3 is 6.03 Å². The van der Waals surface area contributed by atoms with E-state index in [1.54, 1.807) is 25.4 Å². The van der Waals surface area contributed by atoms with Gasteiger partial charge in [0.05, 0.1) is 6.33 Å². The van der Waals surface area contributed by atoms with Crippen LogP contribution in [0.4, 0.5) is 4.79 Å². The van der Waals surface area contributed by atoms with Crippen LogP contribution < -0.4 is 10.6 Å². The number of amides is 3. The fraction of sp³-hybridized carbons (Fsp3) is 0.188. The van der Waals surface area contributed by atoms with Gasteiger partial charge in [0.1, 0.15) is 23.1 Å². The second-order valence-corrected chi connectivity index (χ2v) is 5.86. The van der Waals surface area contributed by atoms with E-state index in [1.807, 2.05) is 23.7 Å². The second kappa shape index (κ2) is 4.85. The smallest absolute Gasteiger partial charge is 0.320 e. The van der Waals surface area contributed by atoms with Gasteiger partial charge in [0.2, 0.25) is 0 Å². The van der Waals surface area contributed by atoms with Gasteiger partial charge in [0.15, 0.2) is 5.65 Å². The Hall–Kier alpha value is -3.29. The van der Waals surface area contributed by atoms with E-state index >= 15 is 0 Å². The Kier molecular flexibility index (Phi) is 2.89. The molecule has 0 spiro atoms. The lowest BCUT2D eigenvalue weighted by molar-refractivity contribution is -0.123. The molecule has 0 saturated carbocycles. The third kappa shape index (κ3) is 1.96. The van der Waals surface area contributed by atoms with E-state index in [-0.39, 0.29) is 5.91 Å². The van der Waals surface area contributed by atoms with Gasteiger partial charge in [-0.3, -0.25) is 10.1 Å². The van der Waals surface area contributed by atoms with Gasteiger partial charge in [-0.1, -0.05) is 24.3 Å². The molecule has 0 unspecified atom stereocenters. The fourth-order valence-electron chi connectivity index (χ4n) is 2.86. The zero-order valence-electron chi connectivity index (χ0n) is 13.1. The van der Waals surface area contributed by atoms with Gasteiger partial charge in [0.25, 0.3) is 5.91 Å². The largest absolute Gasteiger partial charge is 0.322 e. The first kappa shape index (κ1) is 14.3. The van der Waals surface area contributed by atoms with Crippen molar-refractivity contribution in [2.24, 2.45) is 7.05 Å². The van der Waals surface area contributed by atoms with E-state index in [4.69, 9.17) is 0 Å². The van der Waals surface area contributed by atoms with Crippen molar-refractivity contribution in [2.75, 3.05) is 0 Å². The van der Waals surface area contributed by atoms with Crippen molar-refractivity contribution in [3.05, 3.63) is 42.5 Å². The van der Waals surface area contributed by atoms with Crippen molar-refractivity contribution in [2.45, 2.75) is 12.5 Å². The summed E-state index contributed by atoms with van der Waals surface area (Å²) < 4.78 is 1.83. The van der Waals surface area contributed by atoms with E-state index in [1.165, 1.54) is 6.33 Å². The van der Waals surface area contributed by atoms with Crippen molar-refractivity contribution >= 4 is 23.1 Å². The maximum Gasteiger partial charge on any atom is 0.322 e. The van der Waals surface area contributed by atoms with E-state index in [2.05, 4.69) is 25.6 Å². The minimum atomic E-state index is -1.07. The molecule has 0 radical (unpaired) electrons. The van der Waals surface area contributed by atoms with Crippen molar-refractivity contribution in [3.8, 4) is 11.3 Å². The SMILES string of the molecule is Cn1cnc2c(-c3ccc([C@@]4(C)NC(=O)NC4=O)cc3)ncnc21. The minimum absolute atomic E-state index is 0.366. The Labute approximate surface area is 136 Å². The second-order valence-electron chi connectivity index (χ2n) is 5.86. The lowest BCUT2D eigenvalue weighted by atomic mass is 9.91. The number of urea groups is 1. The zero-order valence-corrected chi connectivity index (χ0v) is 13.1. The van der Waals surface area contributed by atoms with Gasteiger partial charge in [-0.2, -0.15) is 0 Å². The van der Waals surface area contributed by atoms with Crippen molar-refractivity contribution in [1.29, 1.82) is 0 Å². The van der Waals surface area contributed by atoms with Gasteiger partial charge in [-0.25, -0.2) is 19.7 Å². The monoisotopic (exact) mass is 322 g/mol. The third-order valence-corrected chi connectivity index (χ3v) is 4.28. The van der Waals surface area contributed by atoms with Crippen molar-refractivity contribution in [1.82, 2.24) is 30.2 Å². The number of aromatic nitrogens is 4. The molecule has 1 aromatic carbocycles. The lowest BCUT2D eigenvalue weighted by Crippen LogP contribution is -2.40. The number of benzene rings is 1. The van der Waals surface area contributed by atoms with Crippen LogP contribution in [0.25, 0.3) is 22.4 Å². The first-order chi connectivity index (χ1) is 11.5. The van der Waals surface area contributed by atoms with Crippen LogP contribution in [0.5, 0.6) is 0 Å². The summed E-state index contributed by atoms with van der Waals surface area (Å²) in [5, 5.41) is 4.90. The number of nitrogens with zero attached hydrogens (tertiary/aromatic N) is 4. The molecule has 8 nitrogen and oxygen atoms in total. The van der Waals surface area contributed by atoms with Crippen LogP contribution in [0.1, 0.15) is 12.5 Å². The van der Waals surface area contributed by atoms with E-state index in [0.717, 1.165) is 16.9 Å². The number of carbonyl (C=O) groups excluding carboxylic acids is 2. The summed E-state index contributed by atoms with van der Waals surface area (Å²) in [5.74, 6) is -0.366. The van der Waals surface area contributed by atoms with E-state index in [0.29, 0.717) is 11.1 Å². The van der Waals surface area contributed by atoms with Crippen LogP contribution in [0.2, 0.25) is 0 Å². The molecule has 1 fully saturated rings. The number of nitrogens with one attached hydrogen (secondary N) is 2. The molecule has 2 N–H and O–H groups in total. The average Bonchev–Trinajstić information content (AvgIpc) is 3.08. The quantitative estimate of drug-likeness (QED) is 0.688. The molecule has 3 heterocycles. The van der Waals surface area contributed by atoms with Crippen LogP contribution in [0.3, 0.4) is 0 Å². The molecule has 120 valence electrons. The number of imidazole rings is 1. The first-order valence-electron chi connectivity index (χ1n) is 7.35. The predicted molar refractivity (Wildman–Crippen MR) is 85.8 cm³/mol. The summed E-state index contributed by atoms with van der Waals surface area (Å²) in [6, 6.07) is 6.83. The normalized spacial score (nSPS) is 20.2. The number of fused-ring (bicyclic) bond motifs is 1. The fourth-order valence-corrected chi connectivity index (χ4v) is 2.86. The highest BCUT2D eigenvalue weighted by atomic mass is 16.2. The molecule has 3 amide bonds. The highest BCUT2D eigenvalue weighted by Gasteiger charge is 2.43. The minimum Gasteiger partial charge on any atom is -0.320 e. The van der Waals surface area contributed by atoms with Crippen LogP contribution >= 0.6 is 0 Å². The molecule has 0 aliphatic carbocycles. The summed E-state index contributed by atoms with van der Waals surface area (Å²) in [6.07, 6.45) is 3.19. The number of imide groups is 1. The van der Waals surface area contributed by atoms with Gasteiger partial charge in [-0.05, 0) is 12.5 Å². The predicted octanol–water partition coefficient (Wildman–Crippen LogP) is 1.08. The van der Waals surface area contributed by atoms with Crippen LogP contribution in [-0.4, -0.2) is 31.5 Å². The topological polar surface area (TPSA) is 102 Å². The Morgan fingerprint density at radius 2 is 1.83 bits per heavy atom. The molecular formula is C16H14N6O2. The van der Waals surface area contributed by atoms with Gasteiger partial charge in [0, 0.05) is 12.6 Å². The standard InChI is InChI=1S/C16H14N6O2/c1-16(14(23)20-15(24)21-16)10-5-3-9(4-6-10)11-12-13(18-7-17-11)22(2)8-19-12/h3-8H,1-2H3,(H2,20,21,23,24)/t16-/m1/s1. The average molecular weight is 322 g/mol. The zero-order chi connectivity index (χ0) is 16.9. The van der Waals surface area contributed by atoms with Crippen LogP contribution in [-0.2, 0) is 17.4 Å². The summed E-state index contributed by atoms with van der Waals surface area (Å²) >= 11 is 0. The maximum absolute atomic E-state index is 12.0. The Bertz CT molecular complexity index is 978. The summed E-state index contributed by atoms with van der Waals surface area (Å²) in [4.78, 5) is 36.3. The number of hydrogen-bond acceptors (Lipinski definition) is 5. The molecule has 1 saturated heterocycles. The van der Waals surface area contributed by atoms with Crippen LogP contribution in [0.15, 0.2) is 36.9 Å². The highest BCUT2D eigenvalue weighted by molar-refractivity contribution is 6.07. The number of carbonyl (C=O) groups is 2. The molecule has 1 atom stereocenters. The maximum atomic E-state index is 12.0. The highest BCUT2D eigenvalue weighted by Crippen LogP contribution is 2.28.